The van der Waals surface area contributed by atoms with Crippen LogP contribution in [-0.4, -0.2) is 42.4 Å². The summed E-state index contributed by atoms with van der Waals surface area (Å²) in [5, 5.41) is 0. The standard InChI is InChI=1S/C11H21NO3/c1-8-6-9(14-5)7-12(8)10(13)15-11(2,3)4/h8-9H,6-7H2,1-5H3/t8-,9+/m0/s1. The summed E-state index contributed by atoms with van der Waals surface area (Å²) in [6.07, 6.45) is 0.789. The number of rotatable bonds is 1. The van der Waals surface area contributed by atoms with Crippen molar-refractivity contribution in [3.8, 4) is 0 Å². The van der Waals surface area contributed by atoms with Gasteiger partial charge < -0.3 is 14.4 Å². The Morgan fingerprint density at radius 1 is 1.40 bits per heavy atom. The molecule has 1 heterocycles. The molecule has 0 radical (unpaired) electrons. The number of ether oxygens (including phenoxy) is 2. The summed E-state index contributed by atoms with van der Waals surface area (Å²) in [6.45, 7) is 8.27. The van der Waals surface area contributed by atoms with E-state index in [0.717, 1.165) is 6.42 Å². The summed E-state index contributed by atoms with van der Waals surface area (Å²) in [5.41, 5.74) is -0.429. The van der Waals surface area contributed by atoms with Crippen LogP contribution in [0.25, 0.3) is 0 Å². The zero-order chi connectivity index (χ0) is 11.6. The number of hydrogen-bond acceptors (Lipinski definition) is 3. The molecule has 0 aromatic heterocycles. The Morgan fingerprint density at radius 3 is 2.40 bits per heavy atom. The van der Waals surface area contributed by atoms with E-state index in [4.69, 9.17) is 9.47 Å². The van der Waals surface area contributed by atoms with Crippen molar-refractivity contribution in [3.05, 3.63) is 0 Å². The summed E-state index contributed by atoms with van der Waals surface area (Å²) < 4.78 is 10.6. The Morgan fingerprint density at radius 2 is 2.00 bits per heavy atom. The van der Waals surface area contributed by atoms with Crippen LogP contribution in [0.5, 0.6) is 0 Å². The van der Waals surface area contributed by atoms with E-state index in [9.17, 15) is 4.79 Å². The van der Waals surface area contributed by atoms with E-state index >= 15 is 0 Å². The Bertz CT molecular complexity index is 234. The second kappa shape index (κ2) is 4.39. The molecule has 1 fully saturated rings. The third-order valence-corrected chi connectivity index (χ3v) is 2.50. The van der Waals surface area contributed by atoms with Gasteiger partial charge in [-0.3, -0.25) is 0 Å². The van der Waals surface area contributed by atoms with Gasteiger partial charge in [0.15, 0.2) is 0 Å². The molecular weight excluding hydrogens is 194 g/mol. The van der Waals surface area contributed by atoms with E-state index in [0.29, 0.717) is 6.54 Å². The Kier molecular flexibility index (Phi) is 3.60. The Labute approximate surface area is 91.5 Å². The first-order chi connectivity index (χ1) is 6.83. The second-order valence-electron chi connectivity index (χ2n) is 5.08. The van der Waals surface area contributed by atoms with Crippen LogP contribution in [-0.2, 0) is 9.47 Å². The largest absolute Gasteiger partial charge is 0.444 e. The van der Waals surface area contributed by atoms with E-state index in [1.165, 1.54) is 0 Å². The predicted octanol–water partition coefficient (Wildman–Crippen LogP) is 2.03. The number of nitrogens with zero attached hydrogens (tertiary/aromatic N) is 1. The van der Waals surface area contributed by atoms with Gasteiger partial charge in [0.2, 0.25) is 0 Å². The fraction of sp³-hybridized carbons (Fsp3) is 0.909. The fourth-order valence-corrected chi connectivity index (χ4v) is 1.73. The second-order valence-corrected chi connectivity index (χ2v) is 5.08. The Hall–Kier alpha value is -0.770. The van der Waals surface area contributed by atoms with E-state index in [-0.39, 0.29) is 18.2 Å². The van der Waals surface area contributed by atoms with Gasteiger partial charge in [-0.1, -0.05) is 0 Å². The minimum atomic E-state index is -0.429. The lowest BCUT2D eigenvalue weighted by Crippen LogP contribution is -2.39. The topological polar surface area (TPSA) is 38.8 Å². The molecule has 4 heteroatoms. The van der Waals surface area contributed by atoms with Gasteiger partial charge in [-0.15, -0.1) is 0 Å². The number of carbonyl (C=O) groups excluding carboxylic acids is 1. The van der Waals surface area contributed by atoms with Gasteiger partial charge in [-0.2, -0.15) is 0 Å². The van der Waals surface area contributed by atoms with Crippen LogP contribution in [0.1, 0.15) is 34.1 Å². The summed E-state index contributed by atoms with van der Waals surface area (Å²) in [6, 6.07) is 0.199. The lowest BCUT2D eigenvalue weighted by molar-refractivity contribution is 0.0207. The van der Waals surface area contributed by atoms with Gasteiger partial charge in [-0.25, -0.2) is 4.79 Å². The summed E-state index contributed by atoms with van der Waals surface area (Å²) in [7, 11) is 1.68. The van der Waals surface area contributed by atoms with Gasteiger partial charge in [0, 0.05) is 13.2 Å². The van der Waals surface area contributed by atoms with Crippen LogP contribution >= 0.6 is 0 Å². The number of likely N-dealkylation sites (tertiary alicyclic amines) is 1. The van der Waals surface area contributed by atoms with E-state index in [1.807, 2.05) is 27.7 Å². The molecule has 2 atom stereocenters. The maximum absolute atomic E-state index is 11.8. The van der Waals surface area contributed by atoms with Gasteiger partial charge in [-0.05, 0) is 34.1 Å². The zero-order valence-corrected chi connectivity index (χ0v) is 10.2. The van der Waals surface area contributed by atoms with Crippen LogP contribution in [0.4, 0.5) is 4.79 Å². The first-order valence-electron chi connectivity index (χ1n) is 5.36. The fourth-order valence-electron chi connectivity index (χ4n) is 1.73. The maximum Gasteiger partial charge on any atom is 0.410 e. The smallest absolute Gasteiger partial charge is 0.410 e. The molecule has 0 spiro atoms. The van der Waals surface area contributed by atoms with Crippen molar-refractivity contribution in [2.24, 2.45) is 0 Å². The first-order valence-corrected chi connectivity index (χ1v) is 5.36. The Balaban J connectivity index is 2.54. The summed E-state index contributed by atoms with van der Waals surface area (Å²) in [4.78, 5) is 13.5. The number of methoxy groups -OCH3 is 1. The molecule has 0 N–H and O–H groups in total. The number of carbonyl (C=O) groups is 1. The van der Waals surface area contributed by atoms with Crippen LogP contribution in [0.3, 0.4) is 0 Å². The van der Waals surface area contributed by atoms with Gasteiger partial charge in [0.05, 0.1) is 12.6 Å². The SMILES string of the molecule is CO[C@@H]1C[C@H](C)N(C(=O)OC(C)(C)C)C1. The zero-order valence-electron chi connectivity index (χ0n) is 10.2. The third kappa shape index (κ3) is 3.38. The van der Waals surface area contributed by atoms with E-state index in [1.54, 1.807) is 12.0 Å². The third-order valence-electron chi connectivity index (χ3n) is 2.50. The van der Waals surface area contributed by atoms with Crippen molar-refractivity contribution in [2.75, 3.05) is 13.7 Å². The van der Waals surface area contributed by atoms with E-state index in [2.05, 4.69) is 0 Å². The average molecular weight is 215 g/mol. The molecule has 15 heavy (non-hydrogen) atoms. The highest BCUT2D eigenvalue weighted by Gasteiger charge is 2.34. The molecule has 4 nitrogen and oxygen atoms in total. The molecule has 0 aliphatic carbocycles. The molecule has 1 aliphatic heterocycles. The maximum atomic E-state index is 11.8. The quantitative estimate of drug-likeness (QED) is 0.671. The highest BCUT2D eigenvalue weighted by atomic mass is 16.6. The lowest BCUT2D eigenvalue weighted by atomic mass is 10.2. The first kappa shape index (κ1) is 12.3. The van der Waals surface area contributed by atoms with Crippen molar-refractivity contribution in [1.82, 2.24) is 4.90 Å². The molecule has 1 aliphatic rings. The molecule has 0 bridgehead atoms. The molecule has 1 saturated heterocycles. The predicted molar refractivity (Wildman–Crippen MR) is 57.8 cm³/mol. The summed E-state index contributed by atoms with van der Waals surface area (Å²) >= 11 is 0. The summed E-state index contributed by atoms with van der Waals surface area (Å²) in [5.74, 6) is 0. The van der Waals surface area contributed by atoms with Gasteiger partial charge >= 0.3 is 6.09 Å². The molecule has 0 unspecified atom stereocenters. The monoisotopic (exact) mass is 215 g/mol. The van der Waals surface area contributed by atoms with Crippen molar-refractivity contribution >= 4 is 6.09 Å². The van der Waals surface area contributed by atoms with Crippen molar-refractivity contribution < 1.29 is 14.3 Å². The molecular formula is C11H21NO3. The van der Waals surface area contributed by atoms with Crippen molar-refractivity contribution in [3.63, 3.8) is 0 Å². The molecule has 0 aromatic carbocycles. The minimum absolute atomic E-state index is 0.146. The molecule has 88 valence electrons. The normalized spacial score (nSPS) is 26.9. The number of hydrogen-bond donors (Lipinski definition) is 0. The molecule has 0 aromatic rings. The van der Waals surface area contributed by atoms with Crippen LogP contribution in [0, 0.1) is 0 Å². The minimum Gasteiger partial charge on any atom is -0.444 e. The van der Waals surface area contributed by atoms with Crippen molar-refractivity contribution in [1.29, 1.82) is 0 Å². The average Bonchev–Trinajstić information content (AvgIpc) is 2.43. The van der Waals surface area contributed by atoms with Gasteiger partial charge in [0.1, 0.15) is 5.60 Å². The van der Waals surface area contributed by atoms with E-state index < -0.39 is 5.60 Å². The molecule has 1 rings (SSSR count). The lowest BCUT2D eigenvalue weighted by Gasteiger charge is -2.26. The van der Waals surface area contributed by atoms with Crippen LogP contribution in [0.15, 0.2) is 0 Å². The molecule has 1 amide bonds. The highest BCUT2D eigenvalue weighted by molar-refractivity contribution is 5.69. The van der Waals surface area contributed by atoms with Crippen molar-refractivity contribution in [2.45, 2.75) is 51.9 Å². The van der Waals surface area contributed by atoms with Crippen LogP contribution in [0.2, 0.25) is 0 Å². The van der Waals surface area contributed by atoms with Gasteiger partial charge in [0.25, 0.3) is 0 Å². The number of amides is 1. The highest BCUT2D eigenvalue weighted by Crippen LogP contribution is 2.22. The molecule has 0 saturated carbocycles. The van der Waals surface area contributed by atoms with Crippen LogP contribution < -0.4 is 0 Å².